The predicted octanol–water partition coefficient (Wildman–Crippen LogP) is 0.607. The molecule has 0 aromatic carbocycles. The van der Waals surface area contributed by atoms with Gasteiger partial charge in [-0.2, -0.15) is 0 Å². The van der Waals surface area contributed by atoms with Crippen LogP contribution in [0, 0.1) is 5.92 Å². The molecular weight excluding hydrogens is 232 g/mol. The summed E-state index contributed by atoms with van der Waals surface area (Å²) in [6, 6.07) is 3.29. The van der Waals surface area contributed by atoms with E-state index in [1.165, 1.54) is 4.90 Å². The van der Waals surface area contributed by atoms with E-state index in [2.05, 4.69) is 15.5 Å². The zero-order chi connectivity index (χ0) is 13.7. The Bertz CT molecular complexity index is 390. The Balaban J connectivity index is 2.58. The first-order valence-electron chi connectivity index (χ1n) is 5.89. The van der Waals surface area contributed by atoms with Gasteiger partial charge in [-0.1, -0.05) is 13.8 Å². The van der Waals surface area contributed by atoms with Crippen LogP contribution in [-0.2, 0) is 0 Å². The minimum absolute atomic E-state index is 0.181. The maximum absolute atomic E-state index is 11.6. The fourth-order valence-electron chi connectivity index (χ4n) is 1.21. The van der Waals surface area contributed by atoms with E-state index < -0.39 is 6.10 Å². The van der Waals surface area contributed by atoms with E-state index in [1.807, 2.05) is 13.8 Å². The summed E-state index contributed by atoms with van der Waals surface area (Å²) in [4.78, 5) is 13.0. The number of carbonyl (C=O) groups excluding carboxylic acids is 1. The van der Waals surface area contributed by atoms with Gasteiger partial charge in [0.1, 0.15) is 5.82 Å². The molecule has 0 aliphatic heterocycles. The summed E-state index contributed by atoms with van der Waals surface area (Å²) in [5.41, 5.74) is 0.301. The molecular formula is C12H20N4O2. The van der Waals surface area contributed by atoms with Crippen molar-refractivity contribution in [2.24, 2.45) is 5.92 Å². The third-order valence-corrected chi connectivity index (χ3v) is 2.55. The average Bonchev–Trinajstić information content (AvgIpc) is 2.35. The molecule has 1 unspecified atom stereocenters. The normalized spacial score (nSPS) is 12.3. The first-order chi connectivity index (χ1) is 8.41. The number of amides is 1. The number of carbonyl (C=O) groups is 1. The van der Waals surface area contributed by atoms with E-state index in [9.17, 15) is 9.90 Å². The Hall–Kier alpha value is -1.69. The molecule has 18 heavy (non-hydrogen) atoms. The van der Waals surface area contributed by atoms with Gasteiger partial charge in [-0.3, -0.25) is 4.79 Å². The largest absolute Gasteiger partial charge is 0.391 e. The molecule has 1 heterocycles. The van der Waals surface area contributed by atoms with E-state index in [0.717, 1.165) is 0 Å². The number of hydrogen-bond donors (Lipinski definition) is 2. The van der Waals surface area contributed by atoms with Crippen molar-refractivity contribution in [1.29, 1.82) is 0 Å². The standard InChI is InChI=1S/C12H20N4O2/c1-8(2)10(17)7-13-11-6-5-9(14-15-11)12(18)16(3)4/h5-6,8,10,17H,7H2,1-4H3,(H,13,15). The minimum Gasteiger partial charge on any atom is -0.391 e. The predicted molar refractivity (Wildman–Crippen MR) is 69.4 cm³/mol. The van der Waals surface area contributed by atoms with E-state index in [4.69, 9.17) is 0 Å². The summed E-state index contributed by atoms with van der Waals surface area (Å²) in [5.74, 6) is 0.543. The molecule has 0 aliphatic rings. The van der Waals surface area contributed by atoms with Crippen LogP contribution in [0.5, 0.6) is 0 Å². The Morgan fingerprint density at radius 3 is 2.50 bits per heavy atom. The zero-order valence-corrected chi connectivity index (χ0v) is 11.2. The summed E-state index contributed by atoms with van der Waals surface area (Å²) in [5, 5.41) is 20.3. The molecule has 0 saturated heterocycles. The number of aliphatic hydroxyl groups is 1. The molecule has 1 amide bonds. The maximum Gasteiger partial charge on any atom is 0.273 e. The summed E-state index contributed by atoms with van der Waals surface area (Å²) in [6.07, 6.45) is -0.435. The van der Waals surface area contributed by atoms with Crippen molar-refractivity contribution < 1.29 is 9.90 Å². The van der Waals surface area contributed by atoms with Gasteiger partial charge >= 0.3 is 0 Å². The molecule has 1 rings (SSSR count). The highest BCUT2D eigenvalue weighted by Gasteiger charge is 2.11. The fourth-order valence-corrected chi connectivity index (χ4v) is 1.21. The fraction of sp³-hybridized carbons (Fsp3) is 0.583. The van der Waals surface area contributed by atoms with Gasteiger partial charge in [0, 0.05) is 20.6 Å². The van der Waals surface area contributed by atoms with Gasteiger partial charge in [0.25, 0.3) is 5.91 Å². The Kier molecular flexibility index (Phi) is 5.03. The van der Waals surface area contributed by atoms with Gasteiger partial charge in [0.15, 0.2) is 5.69 Å². The number of aliphatic hydroxyl groups excluding tert-OH is 1. The lowest BCUT2D eigenvalue weighted by molar-refractivity contribution is 0.0821. The molecule has 1 atom stereocenters. The SMILES string of the molecule is CC(C)C(O)CNc1ccc(C(=O)N(C)C)nn1. The Morgan fingerprint density at radius 1 is 1.39 bits per heavy atom. The summed E-state index contributed by atoms with van der Waals surface area (Å²) in [7, 11) is 3.32. The third-order valence-electron chi connectivity index (χ3n) is 2.55. The molecule has 100 valence electrons. The topological polar surface area (TPSA) is 78.4 Å². The Morgan fingerprint density at radius 2 is 2.06 bits per heavy atom. The highest BCUT2D eigenvalue weighted by molar-refractivity contribution is 5.91. The number of hydrogen-bond acceptors (Lipinski definition) is 5. The van der Waals surface area contributed by atoms with E-state index >= 15 is 0 Å². The van der Waals surface area contributed by atoms with Crippen molar-refractivity contribution in [2.45, 2.75) is 20.0 Å². The quantitative estimate of drug-likeness (QED) is 0.802. The van der Waals surface area contributed by atoms with Gasteiger partial charge in [0.2, 0.25) is 0 Å². The highest BCUT2D eigenvalue weighted by Crippen LogP contribution is 2.06. The summed E-state index contributed by atoms with van der Waals surface area (Å²) < 4.78 is 0. The van der Waals surface area contributed by atoms with Gasteiger partial charge < -0.3 is 15.3 Å². The molecule has 0 saturated carbocycles. The van der Waals surface area contributed by atoms with Gasteiger partial charge in [-0.05, 0) is 18.1 Å². The van der Waals surface area contributed by atoms with Gasteiger partial charge in [-0.15, -0.1) is 10.2 Å². The van der Waals surface area contributed by atoms with Gasteiger partial charge in [0.05, 0.1) is 6.10 Å². The molecule has 1 aromatic rings. The minimum atomic E-state index is -0.435. The average molecular weight is 252 g/mol. The second-order valence-corrected chi connectivity index (χ2v) is 4.70. The molecule has 0 spiro atoms. The van der Waals surface area contributed by atoms with E-state index in [1.54, 1.807) is 26.2 Å². The van der Waals surface area contributed by atoms with Crippen LogP contribution < -0.4 is 5.32 Å². The molecule has 0 bridgehead atoms. The summed E-state index contributed by atoms with van der Waals surface area (Å²) in [6.45, 7) is 4.29. The lowest BCUT2D eigenvalue weighted by Crippen LogP contribution is -2.26. The molecule has 0 fully saturated rings. The van der Waals surface area contributed by atoms with Crippen LogP contribution in [0.4, 0.5) is 5.82 Å². The molecule has 1 aromatic heterocycles. The van der Waals surface area contributed by atoms with Gasteiger partial charge in [-0.25, -0.2) is 0 Å². The van der Waals surface area contributed by atoms with Crippen molar-refractivity contribution in [3.05, 3.63) is 17.8 Å². The number of anilines is 1. The number of rotatable bonds is 5. The first-order valence-corrected chi connectivity index (χ1v) is 5.89. The molecule has 6 nitrogen and oxygen atoms in total. The number of nitrogens with zero attached hydrogens (tertiary/aromatic N) is 3. The first kappa shape index (κ1) is 14.4. The van der Waals surface area contributed by atoms with E-state index in [0.29, 0.717) is 18.1 Å². The molecule has 0 aliphatic carbocycles. The smallest absolute Gasteiger partial charge is 0.273 e. The lowest BCUT2D eigenvalue weighted by atomic mass is 10.1. The third kappa shape index (κ3) is 3.96. The molecule has 6 heteroatoms. The van der Waals surface area contributed by atoms with Crippen LogP contribution >= 0.6 is 0 Å². The van der Waals surface area contributed by atoms with Crippen molar-refractivity contribution in [3.8, 4) is 0 Å². The van der Waals surface area contributed by atoms with E-state index in [-0.39, 0.29) is 11.8 Å². The van der Waals surface area contributed by atoms with Crippen LogP contribution in [-0.4, -0.2) is 52.9 Å². The lowest BCUT2D eigenvalue weighted by Gasteiger charge is -2.15. The van der Waals surface area contributed by atoms with Crippen molar-refractivity contribution in [1.82, 2.24) is 15.1 Å². The zero-order valence-electron chi connectivity index (χ0n) is 11.2. The van der Waals surface area contributed by atoms with Crippen LogP contribution in [0.15, 0.2) is 12.1 Å². The second kappa shape index (κ2) is 6.30. The highest BCUT2D eigenvalue weighted by atomic mass is 16.3. The number of nitrogens with one attached hydrogen (secondary N) is 1. The van der Waals surface area contributed by atoms with Crippen LogP contribution in [0.3, 0.4) is 0 Å². The molecule has 0 radical (unpaired) electrons. The van der Waals surface area contributed by atoms with Crippen molar-refractivity contribution in [3.63, 3.8) is 0 Å². The maximum atomic E-state index is 11.6. The Labute approximate surface area is 107 Å². The van der Waals surface area contributed by atoms with Crippen molar-refractivity contribution >= 4 is 11.7 Å². The van der Waals surface area contributed by atoms with Crippen molar-refractivity contribution in [2.75, 3.05) is 26.0 Å². The summed E-state index contributed by atoms with van der Waals surface area (Å²) >= 11 is 0. The van der Waals surface area contributed by atoms with Crippen LogP contribution in [0.25, 0.3) is 0 Å². The van der Waals surface area contributed by atoms with Crippen LogP contribution in [0.1, 0.15) is 24.3 Å². The monoisotopic (exact) mass is 252 g/mol. The second-order valence-electron chi connectivity index (χ2n) is 4.70. The van der Waals surface area contributed by atoms with Crippen LogP contribution in [0.2, 0.25) is 0 Å². The number of aromatic nitrogens is 2. The molecule has 2 N–H and O–H groups in total.